The fourth-order valence-corrected chi connectivity index (χ4v) is 1.66. The molecule has 0 fully saturated rings. The number of hydrogen-bond donors (Lipinski definition) is 0. The van der Waals surface area contributed by atoms with E-state index in [4.69, 9.17) is 5.26 Å². The van der Waals surface area contributed by atoms with Gasteiger partial charge in [-0.3, -0.25) is 0 Å². The van der Waals surface area contributed by atoms with Crippen LogP contribution in [0.5, 0.6) is 0 Å². The van der Waals surface area contributed by atoms with Crippen molar-refractivity contribution < 1.29 is 4.39 Å². The summed E-state index contributed by atoms with van der Waals surface area (Å²) in [5.74, 6) is -0.317. The molecule has 2 rings (SSSR count). The van der Waals surface area contributed by atoms with Crippen molar-refractivity contribution in [3.05, 3.63) is 41.2 Å². The third kappa shape index (κ3) is 2.05. The van der Waals surface area contributed by atoms with Crippen LogP contribution in [-0.2, 0) is 0 Å². The van der Waals surface area contributed by atoms with Gasteiger partial charge in [-0.2, -0.15) is 5.26 Å². The average Bonchev–Trinajstić information content (AvgIpc) is 2.30. The second-order valence-corrected chi connectivity index (χ2v) is 3.42. The highest BCUT2D eigenvalue weighted by atomic mass is 19.1. The Morgan fingerprint density at radius 2 is 2.27 bits per heavy atom. The molecule has 0 N–H and O–H groups in total. The molecule has 1 heterocycles. The van der Waals surface area contributed by atoms with Crippen molar-refractivity contribution in [1.29, 1.82) is 5.26 Å². The third-order valence-corrected chi connectivity index (χ3v) is 2.45. The summed E-state index contributed by atoms with van der Waals surface area (Å²) < 4.78 is 13.6. The van der Waals surface area contributed by atoms with Gasteiger partial charge in [-0.05, 0) is 24.1 Å². The summed E-state index contributed by atoms with van der Waals surface area (Å²) in [6.45, 7) is 1.42. The highest BCUT2D eigenvalue weighted by molar-refractivity contribution is 5.67. The summed E-state index contributed by atoms with van der Waals surface area (Å²) in [7, 11) is 0. The molecule has 0 unspecified atom stereocenters. The first-order chi connectivity index (χ1) is 7.31. The lowest BCUT2D eigenvalue weighted by atomic mass is 9.99. The molecular weight excluding hydrogens is 191 g/mol. The molecule has 1 aromatic carbocycles. The van der Waals surface area contributed by atoms with Gasteiger partial charge in [0.05, 0.1) is 11.6 Å². The zero-order chi connectivity index (χ0) is 10.7. The van der Waals surface area contributed by atoms with Crippen molar-refractivity contribution in [1.82, 2.24) is 5.32 Å². The van der Waals surface area contributed by atoms with E-state index in [9.17, 15) is 4.39 Å². The van der Waals surface area contributed by atoms with Crippen LogP contribution in [0.2, 0.25) is 0 Å². The summed E-state index contributed by atoms with van der Waals surface area (Å²) in [6.07, 6.45) is 2.72. The molecule has 1 aliphatic heterocycles. The summed E-state index contributed by atoms with van der Waals surface area (Å²) in [5, 5.41) is 12.8. The Bertz CT molecular complexity index is 443. The maximum Gasteiger partial charge on any atom is 0.132 e. The van der Waals surface area contributed by atoms with E-state index in [-0.39, 0.29) is 5.82 Å². The van der Waals surface area contributed by atoms with Crippen LogP contribution in [0.3, 0.4) is 0 Å². The van der Waals surface area contributed by atoms with Gasteiger partial charge in [-0.15, -0.1) is 0 Å². The van der Waals surface area contributed by atoms with Gasteiger partial charge in [0, 0.05) is 18.7 Å². The standard InChI is InChI=1S/C12H10FN2/c13-12-7-9(8-14)1-2-11(12)10-3-5-15-6-4-10/h1-3,7H,4-6H2. The van der Waals surface area contributed by atoms with Crippen LogP contribution in [0.15, 0.2) is 24.3 Å². The van der Waals surface area contributed by atoms with Crippen molar-refractivity contribution >= 4 is 5.57 Å². The Morgan fingerprint density at radius 1 is 1.40 bits per heavy atom. The second-order valence-electron chi connectivity index (χ2n) is 3.42. The molecule has 0 spiro atoms. The third-order valence-electron chi connectivity index (χ3n) is 2.45. The minimum atomic E-state index is -0.317. The number of nitrogens with zero attached hydrogens (tertiary/aromatic N) is 2. The van der Waals surface area contributed by atoms with Crippen LogP contribution in [-0.4, -0.2) is 13.1 Å². The average molecular weight is 201 g/mol. The van der Waals surface area contributed by atoms with E-state index in [0.29, 0.717) is 17.7 Å². The van der Waals surface area contributed by atoms with Crippen molar-refractivity contribution in [3.8, 4) is 6.07 Å². The molecule has 0 aliphatic carbocycles. The Labute approximate surface area is 88.0 Å². The highest BCUT2D eigenvalue weighted by Crippen LogP contribution is 2.23. The maximum atomic E-state index is 13.6. The summed E-state index contributed by atoms with van der Waals surface area (Å²) in [6, 6.07) is 6.52. The molecular formula is C12H10FN2. The van der Waals surface area contributed by atoms with Crippen molar-refractivity contribution in [2.75, 3.05) is 13.1 Å². The van der Waals surface area contributed by atoms with Crippen molar-refractivity contribution in [3.63, 3.8) is 0 Å². The molecule has 1 aromatic rings. The summed E-state index contributed by atoms with van der Waals surface area (Å²) >= 11 is 0. The first-order valence-electron chi connectivity index (χ1n) is 4.83. The van der Waals surface area contributed by atoms with Gasteiger partial charge in [-0.25, -0.2) is 9.71 Å². The number of halogens is 1. The first-order valence-corrected chi connectivity index (χ1v) is 4.83. The zero-order valence-electron chi connectivity index (χ0n) is 8.20. The van der Waals surface area contributed by atoms with E-state index in [1.807, 2.05) is 12.1 Å². The largest absolute Gasteiger partial charge is 0.237 e. The van der Waals surface area contributed by atoms with Gasteiger partial charge < -0.3 is 0 Å². The van der Waals surface area contributed by atoms with Crippen LogP contribution in [0, 0.1) is 17.1 Å². The number of nitriles is 1. The predicted molar refractivity (Wildman–Crippen MR) is 55.6 cm³/mol. The molecule has 3 heteroatoms. The summed E-state index contributed by atoms with van der Waals surface area (Å²) in [5.41, 5.74) is 1.95. The monoisotopic (exact) mass is 201 g/mol. The highest BCUT2D eigenvalue weighted by Gasteiger charge is 2.11. The molecule has 0 saturated heterocycles. The lowest BCUT2D eigenvalue weighted by molar-refractivity contribution is 0.620. The lowest BCUT2D eigenvalue weighted by Gasteiger charge is -2.13. The van der Waals surface area contributed by atoms with Gasteiger partial charge in [-0.1, -0.05) is 12.1 Å². The molecule has 0 amide bonds. The van der Waals surface area contributed by atoms with E-state index in [2.05, 4.69) is 5.32 Å². The van der Waals surface area contributed by atoms with Gasteiger partial charge in [0.1, 0.15) is 5.82 Å². The molecule has 0 bridgehead atoms. The molecule has 1 radical (unpaired) electrons. The van der Waals surface area contributed by atoms with Gasteiger partial charge in [0.15, 0.2) is 0 Å². The summed E-state index contributed by atoms with van der Waals surface area (Å²) in [4.78, 5) is 0. The first kappa shape index (κ1) is 9.88. The molecule has 1 aliphatic rings. The fraction of sp³-hybridized carbons (Fsp3) is 0.250. The topological polar surface area (TPSA) is 37.9 Å². The Balaban J connectivity index is 2.37. The van der Waals surface area contributed by atoms with Crippen molar-refractivity contribution in [2.24, 2.45) is 0 Å². The Morgan fingerprint density at radius 3 is 2.87 bits per heavy atom. The van der Waals surface area contributed by atoms with E-state index in [1.165, 1.54) is 6.07 Å². The number of hydrogen-bond acceptors (Lipinski definition) is 1. The normalized spacial score (nSPS) is 15.6. The smallest absolute Gasteiger partial charge is 0.132 e. The van der Waals surface area contributed by atoms with E-state index >= 15 is 0 Å². The SMILES string of the molecule is N#Cc1ccc(C2=CC[N]CC2)c(F)c1. The van der Waals surface area contributed by atoms with Crippen LogP contribution >= 0.6 is 0 Å². The molecule has 0 saturated carbocycles. The second kappa shape index (κ2) is 4.24. The fourth-order valence-electron chi connectivity index (χ4n) is 1.66. The number of benzene rings is 1. The minimum absolute atomic E-state index is 0.317. The maximum absolute atomic E-state index is 13.6. The van der Waals surface area contributed by atoms with Crippen LogP contribution in [0.1, 0.15) is 17.5 Å². The van der Waals surface area contributed by atoms with E-state index in [0.717, 1.165) is 18.5 Å². The van der Waals surface area contributed by atoms with Gasteiger partial charge >= 0.3 is 0 Å². The lowest BCUT2D eigenvalue weighted by Crippen LogP contribution is -2.13. The molecule has 0 aromatic heterocycles. The van der Waals surface area contributed by atoms with Crippen LogP contribution in [0.4, 0.5) is 4.39 Å². The van der Waals surface area contributed by atoms with Crippen LogP contribution < -0.4 is 5.32 Å². The number of rotatable bonds is 1. The van der Waals surface area contributed by atoms with Gasteiger partial charge in [0.2, 0.25) is 0 Å². The molecule has 15 heavy (non-hydrogen) atoms. The quantitative estimate of drug-likeness (QED) is 0.685. The van der Waals surface area contributed by atoms with Crippen LogP contribution in [0.25, 0.3) is 5.57 Å². The van der Waals surface area contributed by atoms with Gasteiger partial charge in [0.25, 0.3) is 0 Å². The molecule has 75 valence electrons. The van der Waals surface area contributed by atoms with E-state index in [1.54, 1.807) is 12.1 Å². The molecule has 2 nitrogen and oxygen atoms in total. The minimum Gasteiger partial charge on any atom is -0.237 e. The Hall–Kier alpha value is -1.66. The zero-order valence-corrected chi connectivity index (χ0v) is 8.20. The molecule has 0 atom stereocenters. The Kier molecular flexibility index (Phi) is 2.79. The van der Waals surface area contributed by atoms with E-state index < -0.39 is 0 Å². The van der Waals surface area contributed by atoms with Crippen molar-refractivity contribution in [2.45, 2.75) is 6.42 Å². The predicted octanol–water partition coefficient (Wildman–Crippen LogP) is 2.09.